The molecule has 1 aromatic heterocycles. The Morgan fingerprint density at radius 1 is 1.39 bits per heavy atom. The maximum Gasteiger partial charge on any atom is 0.127 e. The van der Waals surface area contributed by atoms with Crippen molar-refractivity contribution in [2.45, 2.75) is 12.3 Å². The third-order valence-electron chi connectivity index (χ3n) is 2.60. The number of benzene rings is 1. The smallest absolute Gasteiger partial charge is 0.127 e. The largest absolute Gasteiger partial charge is 0.493 e. The Balaban J connectivity index is 1.94. The summed E-state index contributed by atoms with van der Waals surface area (Å²) in [6.45, 7) is 0.454. The highest BCUT2D eigenvalue weighted by Crippen LogP contribution is 2.18. The summed E-state index contributed by atoms with van der Waals surface area (Å²) >= 11 is 5.67. The lowest BCUT2D eigenvalue weighted by Crippen LogP contribution is -2.06. The molecule has 0 radical (unpaired) electrons. The molecule has 96 valence electrons. The van der Waals surface area contributed by atoms with Crippen LogP contribution in [0.2, 0.25) is 0 Å². The number of ether oxygens (including phenoxy) is 1. The molecule has 1 aromatic carbocycles. The van der Waals surface area contributed by atoms with Gasteiger partial charge in [0.25, 0.3) is 0 Å². The highest BCUT2D eigenvalue weighted by atomic mass is 35.5. The van der Waals surface area contributed by atoms with Gasteiger partial charge in [0.2, 0.25) is 0 Å². The first-order valence-corrected chi connectivity index (χ1v) is 6.17. The highest BCUT2D eigenvalue weighted by molar-refractivity contribution is 6.17. The highest BCUT2D eigenvalue weighted by Gasteiger charge is 2.03. The molecule has 0 aliphatic carbocycles. The van der Waals surface area contributed by atoms with Crippen molar-refractivity contribution in [2.75, 3.05) is 6.61 Å². The Hall–Kier alpha value is -1.55. The molecular formula is C13H14ClFN2O. The average molecular weight is 269 g/mol. The average Bonchev–Trinajstić information content (AvgIpc) is 2.74. The minimum atomic E-state index is -0.333. The van der Waals surface area contributed by atoms with Crippen LogP contribution in [0.4, 0.5) is 4.39 Å². The van der Waals surface area contributed by atoms with E-state index in [4.69, 9.17) is 16.3 Å². The minimum absolute atomic E-state index is 0.271. The summed E-state index contributed by atoms with van der Waals surface area (Å²) in [5.74, 6) is 1.37. The van der Waals surface area contributed by atoms with Crippen LogP contribution in [0, 0.1) is 5.82 Å². The molecule has 0 saturated heterocycles. The van der Waals surface area contributed by atoms with Crippen molar-refractivity contribution in [3.05, 3.63) is 47.8 Å². The van der Waals surface area contributed by atoms with Gasteiger partial charge < -0.3 is 9.30 Å². The molecule has 18 heavy (non-hydrogen) atoms. The van der Waals surface area contributed by atoms with Crippen LogP contribution in [-0.4, -0.2) is 16.2 Å². The second-order valence-electron chi connectivity index (χ2n) is 3.98. The molecule has 0 aliphatic heterocycles. The van der Waals surface area contributed by atoms with Crippen LogP contribution in [0.1, 0.15) is 11.4 Å². The third-order valence-corrected chi connectivity index (χ3v) is 2.91. The van der Waals surface area contributed by atoms with Crippen LogP contribution >= 0.6 is 11.6 Å². The van der Waals surface area contributed by atoms with Gasteiger partial charge in [-0.2, -0.15) is 0 Å². The second kappa shape index (κ2) is 5.87. The van der Waals surface area contributed by atoms with Crippen molar-refractivity contribution < 1.29 is 9.13 Å². The first-order valence-electron chi connectivity index (χ1n) is 5.63. The number of halogens is 2. The quantitative estimate of drug-likeness (QED) is 0.780. The predicted molar refractivity (Wildman–Crippen MR) is 68.4 cm³/mol. The Morgan fingerprint density at radius 2 is 2.22 bits per heavy atom. The molecule has 0 N–H and O–H groups in total. The van der Waals surface area contributed by atoms with E-state index in [-0.39, 0.29) is 11.7 Å². The zero-order chi connectivity index (χ0) is 13.0. The molecule has 1 heterocycles. The fourth-order valence-electron chi connectivity index (χ4n) is 1.68. The Bertz CT molecular complexity index is 527. The van der Waals surface area contributed by atoms with E-state index in [0.29, 0.717) is 24.3 Å². The number of hydrogen-bond donors (Lipinski definition) is 0. The van der Waals surface area contributed by atoms with Crippen LogP contribution in [0.3, 0.4) is 0 Å². The summed E-state index contributed by atoms with van der Waals surface area (Å²) in [7, 11) is 1.93. The van der Waals surface area contributed by atoms with Crippen molar-refractivity contribution in [3.8, 4) is 5.75 Å². The minimum Gasteiger partial charge on any atom is -0.493 e. The lowest BCUT2D eigenvalue weighted by atomic mass is 10.2. The number of hydrogen-bond acceptors (Lipinski definition) is 2. The zero-order valence-electron chi connectivity index (χ0n) is 10.1. The molecule has 0 unspecified atom stereocenters. The topological polar surface area (TPSA) is 27.1 Å². The molecule has 5 heteroatoms. The Morgan fingerprint density at radius 3 is 2.89 bits per heavy atom. The van der Waals surface area contributed by atoms with E-state index in [9.17, 15) is 4.39 Å². The molecule has 0 bridgehead atoms. The fourth-order valence-corrected chi connectivity index (χ4v) is 1.83. The number of rotatable bonds is 5. The molecule has 2 rings (SSSR count). The number of alkyl halides is 1. The summed E-state index contributed by atoms with van der Waals surface area (Å²) in [5, 5.41) is 0. The van der Waals surface area contributed by atoms with Crippen molar-refractivity contribution in [1.29, 1.82) is 0 Å². The maximum absolute atomic E-state index is 13.2. The van der Waals surface area contributed by atoms with Crippen LogP contribution in [-0.2, 0) is 19.3 Å². The van der Waals surface area contributed by atoms with Gasteiger partial charge in [0.1, 0.15) is 17.4 Å². The van der Waals surface area contributed by atoms with Crippen molar-refractivity contribution >= 4 is 11.6 Å². The molecule has 0 amide bonds. The van der Waals surface area contributed by atoms with E-state index in [1.54, 1.807) is 12.3 Å². The maximum atomic E-state index is 13.2. The normalized spacial score (nSPS) is 10.6. The van der Waals surface area contributed by atoms with E-state index in [1.165, 1.54) is 12.1 Å². The number of aromatic nitrogens is 2. The van der Waals surface area contributed by atoms with Gasteiger partial charge in [-0.05, 0) is 17.7 Å². The van der Waals surface area contributed by atoms with Crippen LogP contribution < -0.4 is 4.74 Å². The predicted octanol–water partition coefficient (Wildman–Crippen LogP) is 2.92. The van der Waals surface area contributed by atoms with Gasteiger partial charge in [0.15, 0.2) is 0 Å². The SMILES string of the molecule is Cn1ccnc1CCOc1cc(F)cc(CCl)c1. The van der Waals surface area contributed by atoms with Crippen LogP contribution in [0.5, 0.6) is 5.75 Å². The van der Waals surface area contributed by atoms with Gasteiger partial charge in [0.05, 0.1) is 6.61 Å². The van der Waals surface area contributed by atoms with Crippen molar-refractivity contribution in [3.63, 3.8) is 0 Å². The molecule has 0 spiro atoms. The van der Waals surface area contributed by atoms with E-state index in [1.807, 2.05) is 17.8 Å². The molecular weight excluding hydrogens is 255 g/mol. The molecule has 0 atom stereocenters. The van der Waals surface area contributed by atoms with Crippen LogP contribution in [0.25, 0.3) is 0 Å². The van der Waals surface area contributed by atoms with Gasteiger partial charge in [-0.15, -0.1) is 11.6 Å². The summed E-state index contributed by atoms with van der Waals surface area (Å²) < 4.78 is 20.7. The van der Waals surface area contributed by atoms with E-state index < -0.39 is 0 Å². The van der Waals surface area contributed by atoms with Crippen molar-refractivity contribution in [2.24, 2.45) is 7.05 Å². The number of imidazole rings is 1. The first-order chi connectivity index (χ1) is 8.69. The van der Waals surface area contributed by atoms with Gasteiger partial charge >= 0.3 is 0 Å². The zero-order valence-corrected chi connectivity index (χ0v) is 10.8. The molecule has 0 fully saturated rings. The van der Waals surface area contributed by atoms with E-state index in [2.05, 4.69) is 4.98 Å². The summed E-state index contributed by atoms with van der Waals surface area (Å²) in [5.41, 5.74) is 0.712. The summed E-state index contributed by atoms with van der Waals surface area (Å²) in [6.07, 6.45) is 4.29. The Labute approximate surface area is 110 Å². The van der Waals surface area contributed by atoms with E-state index >= 15 is 0 Å². The monoisotopic (exact) mass is 268 g/mol. The summed E-state index contributed by atoms with van der Waals surface area (Å²) in [4.78, 5) is 4.19. The number of nitrogens with zero attached hydrogens (tertiary/aromatic N) is 2. The van der Waals surface area contributed by atoms with Gasteiger partial charge in [-0.25, -0.2) is 9.37 Å². The lowest BCUT2D eigenvalue weighted by Gasteiger charge is -2.07. The molecule has 0 saturated carbocycles. The van der Waals surface area contributed by atoms with Gasteiger partial charge in [0, 0.05) is 37.8 Å². The van der Waals surface area contributed by atoms with Gasteiger partial charge in [-0.3, -0.25) is 0 Å². The van der Waals surface area contributed by atoms with Gasteiger partial charge in [-0.1, -0.05) is 0 Å². The fraction of sp³-hybridized carbons (Fsp3) is 0.308. The molecule has 0 aliphatic rings. The molecule has 2 aromatic rings. The second-order valence-corrected chi connectivity index (χ2v) is 4.25. The van der Waals surface area contributed by atoms with Crippen LogP contribution in [0.15, 0.2) is 30.6 Å². The van der Waals surface area contributed by atoms with Crippen molar-refractivity contribution in [1.82, 2.24) is 9.55 Å². The third kappa shape index (κ3) is 3.23. The van der Waals surface area contributed by atoms with E-state index in [0.717, 1.165) is 5.82 Å². The molecule has 3 nitrogen and oxygen atoms in total. The Kier molecular flexibility index (Phi) is 4.20. The number of aryl methyl sites for hydroxylation is 1. The first kappa shape index (κ1) is 12.9. The standard InChI is InChI=1S/C13H14ClFN2O/c1-17-4-3-16-13(17)2-5-18-12-7-10(9-14)6-11(15)8-12/h3-4,6-8H,2,5,9H2,1H3. The summed E-state index contributed by atoms with van der Waals surface area (Å²) in [6, 6.07) is 4.50. The lowest BCUT2D eigenvalue weighted by molar-refractivity contribution is 0.315.